The Bertz CT molecular complexity index is 651. The third kappa shape index (κ3) is 2.43. The summed E-state index contributed by atoms with van der Waals surface area (Å²) >= 11 is 5.98. The molecule has 1 saturated heterocycles. The van der Waals surface area contributed by atoms with Crippen molar-refractivity contribution in [3.63, 3.8) is 0 Å². The minimum absolute atomic E-state index is 0.676. The zero-order valence-electron chi connectivity index (χ0n) is 12.0. The topological polar surface area (TPSA) is 15.3 Å². The number of fused-ring (bicyclic) bond motifs is 3. The molecule has 0 spiro atoms. The predicted molar refractivity (Wildman–Crippen MR) is 89.2 cm³/mol. The third-order valence-corrected chi connectivity index (χ3v) is 4.90. The molecule has 0 radical (unpaired) electrons. The van der Waals surface area contributed by atoms with Crippen molar-refractivity contribution in [3.05, 3.63) is 53.1 Å². The lowest BCUT2D eigenvalue weighted by Crippen LogP contribution is -2.32. The standard InChI is InChI=1S/C18H19ClN2/c19-16-4-1-13(2-5-16)14-3-6-18-15(11-14)12-17-7-8-20-9-10-21(17)18/h1-6,11,17,20H,7-10,12H2. The Morgan fingerprint density at radius 2 is 1.81 bits per heavy atom. The van der Waals surface area contributed by atoms with E-state index in [1.807, 2.05) is 12.1 Å². The molecule has 0 aliphatic carbocycles. The van der Waals surface area contributed by atoms with Crippen molar-refractivity contribution >= 4 is 17.3 Å². The van der Waals surface area contributed by atoms with Crippen LogP contribution in [-0.4, -0.2) is 25.7 Å². The van der Waals surface area contributed by atoms with Crippen LogP contribution in [0.15, 0.2) is 42.5 Å². The Balaban J connectivity index is 1.68. The number of hydrogen-bond donors (Lipinski definition) is 1. The van der Waals surface area contributed by atoms with E-state index in [1.165, 1.54) is 35.2 Å². The van der Waals surface area contributed by atoms with Crippen LogP contribution in [0.4, 0.5) is 5.69 Å². The molecule has 3 heteroatoms. The van der Waals surface area contributed by atoms with Gasteiger partial charge in [-0.3, -0.25) is 0 Å². The Kier molecular flexibility index (Phi) is 3.36. The summed E-state index contributed by atoms with van der Waals surface area (Å²) in [4.78, 5) is 2.58. The molecule has 1 atom stereocenters. The molecule has 1 unspecified atom stereocenters. The van der Waals surface area contributed by atoms with Gasteiger partial charge in [0, 0.05) is 29.8 Å². The van der Waals surface area contributed by atoms with Gasteiger partial charge in [-0.1, -0.05) is 29.8 Å². The normalized spacial score (nSPS) is 20.8. The van der Waals surface area contributed by atoms with Gasteiger partial charge >= 0.3 is 0 Å². The fourth-order valence-electron chi connectivity index (χ4n) is 3.57. The number of nitrogens with one attached hydrogen (secondary N) is 1. The molecule has 0 bridgehead atoms. The fraction of sp³-hybridized carbons (Fsp3) is 0.333. The van der Waals surface area contributed by atoms with Gasteiger partial charge < -0.3 is 10.2 Å². The van der Waals surface area contributed by atoms with Crippen molar-refractivity contribution in [2.75, 3.05) is 24.5 Å². The van der Waals surface area contributed by atoms with E-state index in [2.05, 4.69) is 40.5 Å². The molecule has 2 aliphatic rings. The van der Waals surface area contributed by atoms with Crippen LogP contribution >= 0.6 is 11.6 Å². The van der Waals surface area contributed by atoms with Gasteiger partial charge in [-0.05, 0) is 60.3 Å². The van der Waals surface area contributed by atoms with E-state index in [0.29, 0.717) is 6.04 Å². The Labute approximate surface area is 130 Å². The first-order valence-electron chi connectivity index (χ1n) is 7.67. The molecule has 0 amide bonds. The van der Waals surface area contributed by atoms with Crippen molar-refractivity contribution in [1.29, 1.82) is 0 Å². The first kappa shape index (κ1) is 13.2. The third-order valence-electron chi connectivity index (χ3n) is 4.65. The van der Waals surface area contributed by atoms with Crippen molar-refractivity contribution in [1.82, 2.24) is 5.32 Å². The van der Waals surface area contributed by atoms with Crippen molar-refractivity contribution < 1.29 is 0 Å². The van der Waals surface area contributed by atoms with Crippen LogP contribution in [0.3, 0.4) is 0 Å². The molecule has 2 nitrogen and oxygen atoms in total. The van der Waals surface area contributed by atoms with Crippen LogP contribution in [0.25, 0.3) is 11.1 Å². The Morgan fingerprint density at radius 1 is 1.00 bits per heavy atom. The SMILES string of the molecule is Clc1ccc(-c2ccc3c(c2)CC2CCNCCN32)cc1. The van der Waals surface area contributed by atoms with E-state index < -0.39 is 0 Å². The Morgan fingerprint density at radius 3 is 2.67 bits per heavy atom. The number of nitrogens with zero attached hydrogens (tertiary/aromatic N) is 1. The minimum Gasteiger partial charge on any atom is -0.367 e. The van der Waals surface area contributed by atoms with E-state index in [4.69, 9.17) is 11.6 Å². The van der Waals surface area contributed by atoms with Crippen molar-refractivity contribution in [2.24, 2.45) is 0 Å². The molecule has 21 heavy (non-hydrogen) atoms. The van der Waals surface area contributed by atoms with Crippen LogP contribution in [0, 0.1) is 0 Å². The van der Waals surface area contributed by atoms with E-state index in [1.54, 1.807) is 0 Å². The average molecular weight is 299 g/mol. The second-order valence-electron chi connectivity index (χ2n) is 5.94. The largest absolute Gasteiger partial charge is 0.367 e. The molecule has 1 N–H and O–H groups in total. The number of halogens is 1. The molecule has 2 heterocycles. The first-order chi connectivity index (χ1) is 10.3. The summed E-state index contributed by atoms with van der Waals surface area (Å²) in [5.41, 5.74) is 5.46. The van der Waals surface area contributed by atoms with E-state index >= 15 is 0 Å². The second kappa shape index (κ2) is 5.36. The van der Waals surface area contributed by atoms with Crippen molar-refractivity contribution in [2.45, 2.75) is 18.9 Å². The summed E-state index contributed by atoms with van der Waals surface area (Å²) in [6, 6.07) is 15.7. The van der Waals surface area contributed by atoms with Gasteiger partial charge in [0.05, 0.1) is 0 Å². The van der Waals surface area contributed by atoms with Gasteiger partial charge in [-0.15, -0.1) is 0 Å². The maximum Gasteiger partial charge on any atom is 0.0406 e. The molecule has 2 aromatic carbocycles. The minimum atomic E-state index is 0.676. The second-order valence-corrected chi connectivity index (χ2v) is 6.38. The van der Waals surface area contributed by atoms with E-state index in [0.717, 1.165) is 24.7 Å². The van der Waals surface area contributed by atoms with Crippen molar-refractivity contribution in [3.8, 4) is 11.1 Å². The smallest absolute Gasteiger partial charge is 0.0406 e. The predicted octanol–water partition coefficient (Wildman–Crippen LogP) is 3.73. The highest BCUT2D eigenvalue weighted by molar-refractivity contribution is 6.30. The summed E-state index contributed by atoms with van der Waals surface area (Å²) in [6.07, 6.45) is 2.42. The van der Waals surface area contributed by atoms with E-state index in [-0.39, 0.29) is 0 Å². The van der Waals surface area contributed by atoms with Gasteiger partial charge in [-0.2, -0.15) is 0 Å². The van der Waals surface area contributed by atoms with Crippen LogP contribution in [-0.2, 0) is 6.42 Å². The van der Waals surface area contributed by atoms with Crippen LogP contribution < -0.4 is 10.2 Å². The molecular weight excluding hydrogens is 280 g/mol. The molecule has 2 aromatic rings. The lowest BCUT2D eigenvalue weighted by molar-refractivity contribution is 0.612. The highest BCUT2D eigenvalue weighted by atomic mass is 35.5. The van der Waals surface area contributed by atoms with E-state index in [9.17, 15) is 0 Å². The lowest BCUT2D eigenvalue weighted by Gasteiger charge is -2.24. The number of rotatable bonds is 1. The monoisotopic (exact) mass is 298 g/mol. The summed E-state index contributed by atoms with van der Waals surface area (Å²) in [5, 5.41) is 4.29. The maximum atomic E-state index is 5.98. The van der Waals surface area contributed by atoms with Gasteiger partial charge in [0.2, 0.25) is 0 Å². The van der Waals surface area contributed by atoms with Gasteiger partial charge in [0.15, 0.2) is 0 Å². The number of hydrogen-bond acceptors (Lipinski definition) is 2. The molecule has 0 saturated carbocycles. The highest BCUT2D eigenvalue weighted by Gasteiger charge is 2.29. The lowest BCUT2D eigenvalue weighted by atomic mass is 10.0. The van der Waals surface area contributed by atoms with Crippen LogP contribution in [0.1, 0.15) is 12.0 Å². The highest BCUT2D eigenvalue weighted by Crippen LogP contribution is 2.36. The zero-order chi connectivity index (χ0) is 14.2. The maximum absolute atomic E-state index is 5.98. The fourth-order valence-corrected chi connectivity index (χ4v) is 3.69. The van der Waals surface area contributed by atoms with Gasteiger partial charge in [0.25, 0.3) is 0 Å². The summed E-state index contributed by atoms with van der Waals surface area (Å²) in [7, 11) is 0. The number of anilines is 1. The van der Waals surface area contributed by atoms with Gasteiger partial charge in [0.1, 0.15) is 0 Å². The zero-order valence-corrected chi connectivity index (χ0v) is 12.7. The van der Waals surface area contributed by atoms with Crippen LogP contribution in [0.5, 0.6) is 0 Å². The quantitative estimate of drug-likeness (QED) is 0.863. The molecule has 1 fully saturated rings. The first-order valence-corrected chi connectivity index (χ1v) is 8.05. The summed E-state index contributed by atoms with van der Waals surface area (Å²) in [5.74, 6) is 0. The molecule has 0 aromatic heterocycles. The average Bonchev–Trinajstić information content (AvgIpc) is 2.68. The Hall–Kier alpha value is -1.51. The molecule has 4 rings (SSSR count). The van der Waals surface area contributed by atoms with Crippen LogP contribution in [0.2, 0.25) is 5.02 Å². The summed E-state index contributed by atoms with van der Waals surface area (Å²) < 4.78 is 0. The summed E-state index contributed by atoms with van der Waals surface area (Å²) in [6.45, 7) is 3.35. The number of benzene rings is 2. The molecular formula is C18H19ClN2. The molecule has 2 aliphatic heterocycles. The molecule has 108 valence electrons. The van der Waals surface area contributed by atoms with Gasteiger partial charge in [-0.25, -0.2) is 0 Å².